The maximum Gasteiger partial charge on any atom is 0.165 e. The van der Waals surface area contributed by atoms with Gasteiger partial charge in [-0.3, -0.25) is 4.68 Å². The molecule has 0 bridgehead atoms. The Kier molecular flexibility index (Phi) is 3.57. The molecule has 7 nitrogen and oxygen atoms in total. The van der Waals surface area contributed by atoms with Crippen LogP contribution in [0.15, 0.2) is 23.1 Å². The minimum atomic E-state index is 0.415. The van der Waals surface area contributed by atoms with Crippen molar-refractivity contribution in [1.82, 2.24) is 29.7 Å². The van der Waals surface area contributed by atoms with E-state index in [1.54, 1.807) is 4.68 Å². The van der Waals surface area contributed by atoms with Crippen LogP contribution in [-0.4, -0.2) is 44.5 Å². The van der Waals surface area contributed by atoms with Crippen LogP contribution in [0.3, 0.4) is 0 Å². The third kappa shape index (κ3) is 2.33. The Balaban J connectivity index is 1.95. The second-order valence-corrected chi connectivity index (χ2v) is 6.59. The van der Waals surface area contributed by atoms with Crippen molar-refractivity contribution in [3.63, 3.8) is 0 Å². The highest BCUT2D eigenvalue weighted by Crippen LogP contribution is 2.35. The standard InChI is InChI=1S/C15H18BrN7/c1-17-15-12(16)13(9-3-4-18-5-9)21-14-11(7-20-23(14)15)10-6-19-22(2)8-10/h6-9,17-18H,3-5H2,1-2H3. The molecule has 4 rings (SSSR count). The fourth-order valence-electron chi connectivity index (χ4n) is 3.13. The van der Waals surface area contributed by atoms with Crippen molar-refractivity contribution in [2.24, 2.45) is 7.05 Å². The summed E-state index contributed by atoms with van der Waals surface area (Å²) < 4.78 is 4.62. The fourth-order valence-corrected chi connectivity index (χ4v) is 3.91. The maximum absolute atomic E-state index is 4.95. The van der Waals surface area contributed by atoms with E-state index in [0.29, 0.717) is 5.92 Å². The van der Waals surface area contributed by atoms with E-state index in [-0.39, 0.29) is 0 Å². The molecule has 0 saturated carbocycles. The second-order valence-electron chi connectivity index (χ2n) is 5.80. The first kappa shape index (κ1) is 14.6. The lowest BCUT2D eigenvalue weighted by Crippen LogP contribution is -2.12. The van der Waals surface area contributed by atoms with Gasteiger partial charge < -0.3 is 10.6 Å². The molecule has 0 spiro atoms. The molecule has 0 aliphatic carbocycles. The summed E-state index contributed by atoms with van der Waals surface area (Å²) in [7, 11) is 3.81. The van der Waals surface area contributed by atoms with Crippen LogP contribution in [0.4, 0.5) is 5.82 Å². The van der Waals surface area contributed by atoms with Gasteiger partial charge in [-0.2, -0.15) is 14.7 Å². The van der Waals surface area contributed by atoms with Crippen LogP contribution in [0.1, 0.15) is 18.0 Å². The Morgan fingerprint density at radius 2 is 2.22 bits per heavy atom. The van der Waals surface area contributed by atoms with Crippen molar-refractivity contribution in [1.29, 1.82) is 0 Å². The zero-order valence-corrected chi connectivity index (χ0v) is 14.6. The first-order valence-corrected chi connectivity index (χ1v) is 8.43. The van der Waals surface area contributed by atoms with Gasteiger partial charge in [-0.1, -0.05) is 0 Å². The van der Waals surface area contributed by atoms with Crippen LogP contribution in [-0.2, 0) is 7.05 Å². The first-order chi connectivity index (χ1) is 11.2. The number of rotatable bonds is 3. The lowest BCUT2D eigenvalue weighted by atomic mass is 10.0. The summed E-state index contributed by atoms with van der Waals surface area (Å²) in [6.45, 7) is 1.99. The summed E-state index contributed by atoms with van der Waals surface area (Å²) in [6.07, 6.45) is 6.78. The fraction of sp³-hybridized carbons (Fsp3) is 0.400. The summed E-state index contributed by atoms with van der Waals surface area (Å²) in [6, 6.07) is 0. The molecule has 4 heterocycles. The predicted molar refractivity (Wildman–Crippen MR) is 92.7 cm³/mol. The topological polar surface area (TPSA) is 72.1 Å². The molecule has 3 aromatic rings. The van der Waals surface area contributed by atoms with Crippen molar-refractivity contribution in [2.45, 2.75) is 12.3 Å². The second kappa shape index (κ2) is 5.61. The third-order valence-corrected chi connectivity index (χ3v) is 5.10. The zero-order valence-electron chi connectivity index (χ0n) is 13.0. The SMILES string of the molecule is CNc1c(Br)c(C2CCNC2)nc2c(-c3cnn(C)c3)cnn12. The molecule has 3 aromatic heterocycles. The minimum absolute atomic E-state index is 0.415. The molecule has 2 N–H and O–H groups in total. The van der Waals surface area contributed by atoms with Gasteiger partial charge in [0, 0.05) is 43.9 Å². The van der Waals surface area contributed by atoms with E-state index in [2.05, 4.69) is 36.8 Å². The van der Waals surface area contributed by atoms with E-state index in [9.17, 15) is 0 Å². The van der Waals surface area contributed by atoms with Crippen molar-refractivity contribution < 1.29 is 0 Å². The monoisotopic (exact) mass is 375 g/mol. The Bertz CT molecular complexity index is 860. The quantitative estimate of drug-likeness (QED) is 0.732. The molecule has 8 heteroatoms. The number of anilines is 1. The number of aromatic nitrogens is 5. The number of halogens is 1. The number of nitrogens with one attached hydrogen (secondary N) is 2. The van der Waals surface area contributed by atoms with Crippen molar-refractivity contribution in [3.05, 3.63) is 28.8 Å². The summed E-state index contributed by atoms with van der Waals surface area (Å²) in [5, 5.41) is 15.4. The molecule has 1 fully saturated rings. The Hall–Kier alpha value is -1.93. The number of hydrogen-bond donors (Lipinski definition) is 2. The third-order valence-electron chi connectivity index (χ3n) is 4.31. The van der Waals surface area contributed by atoms with Crippen LogP contribution in [0, 0.1) is 0 Å². The van der Waals surface area contributed by atoms with Gasteiger partial charge in [0.15, 0.2) is 5.65 Å². The molecule has 0 radical (unpaired) electrons. The van der Waals surface area contributed by atoms with Crippen LogP contribution in [0.25, 0.3) is 16.8 Å². The van der Waals surface area contributed by atoms with Gasteiger partial charge in [0.05, 0.1) is 22.6 Å². The molecule has 120 valence electrons. The molecule has 23 heavy (non-hydrogen) atoms. The Morgan fingerprint density at radius 3 is 2.87 bits per heavy atom. The largest absolute Gasteiger partial charge is 0.372 e. The summed E-state index contributed by atoms with van der Waals surface area (Å²) in [4.78, 5) is 4.95. The minimum Gasteiger partial charge on any atom is -0.372 e. The molecule has 1 unspecified atom stereocenters. The van der Waals surface area contributed by atoms with E-state index >= 15 is 0 Å². The smallest absolute Gasteiger partial charge is 0.165 e. The average molecular weight is 376 g/mol. The highest BCUT2D eigenvalue weighted by molar-refractivity contribution is 9.10. The summed E-state index contributed by atoms with van der Waals surface area (Å²) in [5.74, 6) is 1.34. The van der Waals surface area contributed by atoms with Gasteiger partial charge in [-0.25, -0.2) is 4.98 Å². The van der Waals surface area contributed by atoms with E-state index in [1.165, 1.54) is 0 Å². The van der Waals surface area contributed by atoms with E-state index in [0.717, 1.165) is 52.3 Å². The average Bonchev–Trinajstić information content (AvgIpc) is 3.26. The van der Waals surface area contributed by atoms with E-state index in [4.69, 9.17) is 4.98 Å². The van der Waals surface area contributed by atoms with Gasteiger partial charge >= 0.3 is 0 Å². The number of hydrogen-bond acceptors (Lipinski definition) is 5. The van der Waals surface area contributed by atoms with Crippen molar-refractivity contribution >= 4 is 27.4 Å². The molecule has 1 atom stereocenters. The van der Waals surface area contributed by atoms with E-state index < -0.39 is 0 Å². The van der Waals surface area contributed by atoms with Gasteiger partial charge in [0.2, 0.25) is 0 Å². The van der Waals surface area contributed by atoms with Crippen LogP contribution in [0.2, 0.25) is 0 Å². The molecule has 1 aliphatic rings. The highest BCUT2D eigenvalue weighted by atomic mass is 79.9. The van der Waals surface area contributed by atoms with Gasteiger partial charge in [-0.15, -0.1) is 0 Å². The van der Waals surface area contributed by atoms with Gasteiger partial charge in [0.1, 0.15) is 5.82 Å². The summed E-state index contributed by atoms with van der Waals surface area (Å²) >= 11 is 3.71. The maximum atomic E-state index is 4.95. The zero-order chi connectivity index (χ0) is 16.0. The molecular weight excluding hydrogens is 358 g/mol. The number of fused-ring (bicyclic) bond motifs is 1. The van der Waals surface area contributed by atoms with Gasteiger partial charge in [0.25, 0.3) is 0 Å². The molecule has 1 aliphatic heterocycles. The van der Waals surface area contributed by atoms with Crippen molar-refractivity contribution in [2.75, 3.05) is 25.5 Å². The lowest BCUT2D eigenvalue weighted by molar-refractivity contribution is 0.726. The van der Waals surface area contributed by atoms with E-state index in [1.807, 2.05) is 37.2 Å². The number of aryl methyl sites for hydroxylation is 1. The first-order valence-electron chi connectivity index (χ1n) is 7.63. The summed E-state index contributed by atoms with van der Waals surface area (Å²) in [5.41, 5.74) is 3.95. The Labute approximate surface area is 142 Å². The normalized spacial score (nSPS) is 18.0. The van der Waals surface area contributed by atoms with Gasteiger partial charge in [-0.05, 0) is 28.9 Å². The molecule has 0 amide bonds. The molecular formula is C15H18BrN7. The van der Waals surface area contributed by atoms with Crippen LogP contribution >= 0.6 is 15.9 Å². The predicted octanol–water partition coefficient (Wildman–Crippen LogP) is 2.01. The van der Waals surface area contributed by atoms with Crippen LogP contribution in [0.5, 0.6) is 0 Å². The number of nitrogens with zero attached hydrogens (tertiary/aromatic N) is 5. The van der Waals surface area contributed by atoms with Crippen molar-refractivity contribution in [3.8, 4) is 11.1 Å². The Morgan fingerprint density at radius 1 is 1.35 bits per heavy atom. The lowest BCUT2D eigenvalue weighted by Gasteiger charge is -2.15. The van der Waals surface area contributed by atoms with Crippen LogP contribution < -0.4 is 10.6 Å². The molecule has 1 saturated heterocycles. The highest BCUT2D eigenvalue weighted by Gasteiger charge is 2.25. The molecule has 0 aromatic carbocycles.